The summed E-state index contributed by atoms with van der Waals surface area (Å²) in [7, 11) is -1.25. The van der Waals surface area contributed by atoms with Crippen molar-refractivity contribution in [3.8, 4) is 23.0 Å². The van der Waals surface area contributed by atoms with E-state index in [0.29, 0.717) is 65.5 Å². The minimum atomic E-state index is -4.26. The third kappa shape index (κ3) is 10.3. The van der Waals surface area contributed by atoms with Gasteiger partial charge in [0.15, 0.2) is 6.29 Å². The van der Waals surface area contributed by atoms with Gasteiger partial charge in [-0.15, -0.1) is 6.58 Å². The molecule has 3 aliphatic rings. The number of aldehydes is 1. The molecule has 1 heterocycles. The van der Waals surface area contributed by atoms with Gasteiger partial charge in [-0.2, -0.15) is 4.31 Å². The molecule has 340 valence electrons. The van der Waals surface area contributed by atoms with E-state index in [-0.39, 0.29) is 54.8 Å². The SMILES string of the molecule is C=CCO[C@@]12Oc3ccc(Oc4ccc(OC)c(C=O)c4)cc3[C@H]3[C@H](CCCCO)[C@@H](CCCCO)C=C(C(=NOC(C)(C)C)C[C@@H]1N(C)S(=O)(=O)c1ccc(NC(C)=O)cc1)[C@H]32. The monoisotopic (exact) mass is 887 g/mol. The van der Waals surface area contributed by atoms with E-state index in [4.69, 9.17) is 28.9 Å². The van der Waals surface area contributed by atoms with Crippen LogP contribution in [0.25, 0.3) is 0 Å². The summed E-state index contributed by atoms with van der Waals surface area (Å²) in [5.41, 5.74) is 2.31. The van der Waals surface area contributed by atoms with Gasteiger partial charge in [0.25, 0.3) is 0 Å². The Morgan fingerprint density at radius 1 is 1.02 bits per heavy atom. The second-order valence-corrected chi connectivity index (χ2v) is 19.3. The highest BCUT2D eigenvalue weighted by Gasteiger charge is 2.65. The molecule has 6 rings (SSSR count). The van der Waals surface area contributed by atoms with Crippen molar-refractivity contribution < 1.29 is 52.0 Å². The van der Waals surface area contributed by atoms with Crippen molar-refractivity contribution in [3.63, 3.8) is 0 Å². The first kappa shape index (κ1) is 47.4. The number of aliphatic hydroxyl groups excluding tert-OH is 2. The smallest absolute Gasteiger partial charge is 0.243 e. The number of nitrogens with zero attached hydrogens (tertiary/aromatic N) is 2. The van der Waals surface area contributed by atoms with Crippen LogP contribution in [0.5, 0.6) is 23.0 Å². The molecule has 0 radical (unpaired) electrons. The molecule has 1 amide bonds. The number of sulfonamides is 1. The van der Waals surface area contributed by atoms with Crippen molar-refractivity contribution >= 4 is 33.6 Å². The average Bonchev–Trinajstić information content (AvgIpc) is 3.25. The van der Waals surface area contributed by atoms with Crippen LogP contribution in [0.4, 0.5) is 5.69 Å². The molecule has 63 heavy (non-hydrogen) atoms. The first-order chi connectivity index (χ1) is 30.1. The molecule has 3 aromatic carbocycles. The van der Waals surface area contributed by atoms with Crippen LogP contribution in [0.2, 0.25) is 0 Å². The first-order valence-corrected chi connectivity index (χ1v) is 23.0. The number of nitrogens with one attached hydrogen (secondary N) is 1. The van der Waals surface area contributed by atoms with Crippen LogP contribution in [0, 0.1) is 17.8 Å². The molecule has 14 nitrogen and oxygen atoms in total. The summed E-state index contributed by atoms with van der Waals surface area (Å²) >= 11 is 0. The van der Waals surface area contributed by atoms with Crippen molar-refractivity contribution in [2.24, 2.45) is 22.9 Å². The van der Waals surface area contributed by atoms with Crippen LogP contribution in [-0.4, -0.2) is 92.2 Å². The number of carbonyl (C=O) groups is 2. The zero-order valence-corrected chi connectivity index (χ0v) is 37.9. The molecular formula is C48H61N3O11S. The Labute approximate surface area is 370 Å². The van der Waals surface area contributed by atoms with E-state index in [2.05, 4.69) is 18.0 Å². The number of anilines is 1. The van der Waals surface area contributed by atoms with Crippen molar-refractivity contribution in [1.82, 2.24) is 4.31 Å². The van der Waals surface area contributed by atoms with E-state index in [1.165, 1.54) is 37.5 Å². The van der Waals surface area contributed by atoms with Gasteiger partial charge in [0.1, 0.15) is 28.6 Å². The number of oxime groups is 1. The molecule has 1 saturated carbocycles. The van der Waals surface area contributed by atoms with Crippen molar-refractivity contribution in [1.29, 1.82) is 0 Å². The summed E-state index contributed by atoms with van der Waals surface area (Å²) in [4.78, 5) is 29.9. The maximum atomic E-state index is 14.8. The van der Waals surface area contributed by atoms with Crippen molar-refractivity contribution in [3.05, 3.63) is 96.1 Å². The Morgan fingerprint density at radius 3 is 2.33 bits per heavy atom. The molecule has 0 aromatic heterocycles. The van der Waals surface area contributed by atoms with E-state index in [9.17, 15) is 28.2 Å². The van der Waals surface area contributed by atoms with Gasteiger partial charge in [0, 0.05) is 50.8 Å². The van der Waals surface area contributed by atoms with E-state index >= 15 is 0 Å². The Kier molecular flexibility index (Phi) is 15.2. The largest absolute Gasteiger partial charge is 0.496 e. The fraction of sp³-hybridized carbons (Fsp3) is 0.479. The lowest BCUT2D eigenvalue weighted by atomic mass is 9.55. The highest BCUT2D eigenvalue weighted by atomic mass is 32.2. The minimum absolute atomic E-state index is 0.00373. The van der Waals surface area contributed by atoms with Crippen LogP contribution in [0.15, 0.2) is 95.0 Å². The number of likely N-dealkylation sites (N-methyl/N-ethyl adjacent to an activating group) is 1. The van der Waals surface area contributed by atoms with Crippen LogP contribution < -0.4 is 19.5 Å². The first-order valence-electron chi connectivity index (χ1n) is 21.5. The van der Waals surface area contributed by atoms with E-state index in [1.807, 2.05) is 32.9 Å². The molecule has 3 aromatic rings. The van der Waals surface area contributed by atoms with Crippen LogP contribution >= 0.6 is 0 Å². The molecule has 1 aliphatic heterocycles. The average molecular weight is 888 g/mol. The number of hydrogen-bond donors (Lipinski definition) is 3. The molecule has 0 spiro atoms. The Morgan fingerprint density at radius 2 is 1.70 bits per heavy atom. The third-order valence-electron chi connectivity index (χ3n) is 11.9. The second kappa shape index (κ2) is 20.2. The molecule has 6 atom stereocenters. The van der Waals surface area contributed by atoms with Gasteiger partial charge in [-0.05, 0) is 125 Å². The third-order valence-corrected chi connectivity index (χ3v) is 13.8. The lowest BCUT2D eigenvalue weighted by Crippen LogP contribution is -2.69. The van der Waals surface area contributed by atoms with E-state index in [0.717, 1.165) is 30.4 Å². The molecule has 2 aliphatic carbocycles. The number of rotatable bonds is 20. The van der Waals surface area contributed by atoms with Crippen LogP contribution in [0.1, 0.15) is 94.5 Å². The number of aliphatic hydroxyl groups is 2. The van der Waals surface area contributed by atoms with Crippen molar-refractivity contribution in [2.45, 2.75) is 101 Å². The van der Waals surface area contributed by atoms with Gasteiger partial charge >= 0.3 is 0 Å². The fourth-order valence-corrected chi connectivity index (χ4v) is 10.6. The number of allylic oxidation sites excluding steroid dienone is 1. The van der Waals surface area contributed by atoms with Gasteiger partial charge in [-0.1, -0.05) is 30.1 Å². The summed E-state index contributed by atoms with van der Waals surface area (Å²) in [6.45, 7) is 11.1. The molecule has 0 saturated heterocycles. The zero-order valence-electron chi connectivity index (χ0n) is 37.0. The maximum absolute atomic E-state index is 14.8. The predicted molar refractivity (Wildman–Crippen MR) is 240 cm³/mol. The summed E-state index contributed by atoms with van der Waals surface area (Å²) in [6, 6.07) is 15.5. The van der Waals surface area contributed by atoms with Gasteiger partial charge in [0.2, 0.25) is 21.7 Å². The quantitative estimate of drug-likeness (QED) is 0.0433. The minimum Gasteiger partial charge on any atom is -0.496 e. The Hall–Kier alpha value is -5.06. The summed E-state index contributed by atoms with van der Waals surface area (Å²) in [5.74, 6) is -1.19. The lowest BCUT2D eigenvalue weighted by Gasteiger charge is -2.59. The maximum Gasteiger partial charge on any atom is 0.243 e. The number of hydrogen-bond acceptors (Lipinski definition) is 12. The number of benzene rings is 3. The second-order valence-electron chi connectivity index (χ2n) is 17.3. The molecule has 3 N–H and O–H groups in total. The summed E-state index contributed by atoms with van der Waals surface area (Å²) < 4.78 is 56.9. The molecular weight excluding hydrogens is 827 g/mol. The van der Waals surface area contributed by atoms with E-state index in [1.54, 1.807) is 42.5 Å². The van der Waals surface area contributed by atoms with Crippen LogP contribution in [0.3, 0.4) is 0 Å². The van der Waals surface area contributed by atoms with Crippen LogP contribution in [-0.2, 0) is 24.4 Å². The number of fused-ring (bicyclic) bond motifs is 2. The molecule has 0 bridgehead atoms. The lowest BCUT2D eigenvalue weighted by molar-refractivity contribution is -0.250. The van der Waals surface area contributed by atoms with Gasteiger partial charge in [0.05, 0.1) is 41.8 Å². The van der Waals surface area contributed by atoms with Gasteiger partial charge in [-0.3, -0.25) is 9.59 Å². The highest BCUT2D eigenvalue weighted by Crippen LogP contribution is 2.62. The number of carbonyl (C=O) groups excluding carboxylic acids is 2. The van der Waals surface area contributed by atoms with E-state index < -0.39 is 33.4 Å². The topological polar surface area (TPSA) is 183 Å². The number of ether oxygens (including phenoxy) is 4. The Bertz CT molecular complexity index is 2290. The number of methoxy groups -OCH3 is 1. The Balaban J connectivity index is 1.59. The summed E-state index contributed by atoms with van der Waals surface area (Å²) in [6.07, 6.45) is 8.77. The zero-order chi connectivity index (χ0) is 45.5. The standard InChI is InChI=1S/C48H61N3O11S/c1-8-25-59-48-44(51(6)63(56,57)37-19-15-34(16-20-37)49-31(2)55)29-41(50-62-47(3,4)5)39-27-32(13-9-11-23-52)38(14-10-12-24-53)45(46(39)48)40-28-36(18-22-43(40)61-48)60-35-17-21-42(58-7)33(26-35)30-54/h8,15-22,26-28,30,32,38,44-46,52-53H,1,9-14,23-25,29H2,2-7H3,(H,49,55)/t32-,38+,44-,45+,46+,48+/m0/s1. The number of unbranched alkanes of at least 4 members (excludes halogenated alkanes) is 2. The predicted octanol–water partition coefficient (Wildman–Crippen LogP) is 8.01. The van der Waals surface area contributed by atoms with Crippen molar-refractivity contribution in [2.75, 3.05) is 39.3 Å². The molecule has 15 heteroatoms. The highest BCUT2D eigenvalue weighted by molar-refractivity contribution is 7.89. The summed E-state index contributed by atoms with van der Waals surface area (Å²) in [5, 5.41) is 27.3. The molecule has 0 unspecified atom stereocenters. The van der Waals surface area contributed by atoms with Gasteiger partial charge in [-0.25, -0.2) is 8.42 Å². The molecule has 1 fully saturated rings. The number of amides is 1. The fourth-order valence-electron chi connectivity index (χ4n) is 9.21. The normalized spacial score (nSPS) is 23.5. The van der Waals surface area contributed by atoms with Gasteiger partial charge < -0.3 is 39.3 Å².